The standard InChI is InChI=1S/C11H19N3O2/c1-3-14(6-4-5-12)10(15)11(2)8-16-7-9(11)13/h9H,3-4,6-8,13H2,1-2H3. The van der Waals surface area contributed by atoms with Crippen LogP contribution in [0.3, 0.4) is 0 Å². The highest BCUT2D eigenvalue weighted by Gasteiger charge is 2.45. The molecule has 2 atom stereocenters. The molecular weight excluding hydrogens is 206 g/mol. The Balaban J connectivity index is 2.71. The average molecular weight is 225 g/mol. The quantitative estimate of drug-likeness (QED) is 0.736. The maximum absolute atomic E-state index is 12.3. The van der Waals surface area contributed by atoms with Crippen molar-refractivity contribution in [3.8, 4) is 6.07 Å². The molecule has 16 heavy (non-hydrogen) atoms. The Morgan fingerprint density at radius 2 is 2.44 bits per heavy atom. The van der Waals surface area contributed by atoms with Gasteiger partial charge in [0.2, 0.25) is 5.91 Å². The van der Waals surface area contributed by atoms with Gasteiger partial charge in [-0.05, 0) is 13.8 Å². The highest BCUT2D eigenvalue weighted by molar-refractivity contribution is 5.83. The van der Waals surface area contributed by atoms with Crippen molar-refractivity contribution < 1.29 is 9.53 Å². The van der Waals surface area contributed by atoms with Crippen LogP contribution in [0.5, 0.6) is 0 Å². The molecule has 1 rings (SSSR count). The average Bonchev–Trinajstić information content (AvgIpc) is 2.61. The van der Waals surface area contributed by atoms with E-state index in [4.69, 9.17) is 15.7 Å². The minimum Gasteiger partial charge on any atom is -0.379 e. The van der Waals surface area contributed by atoms with Crippen LogP contribution in [0.2, 0.25) is 0 Å². The summed E-state index contributed by atoms with van der Waals surface area (Å²) >= 11 is 0. The minimum atomic E-state index is -0.633. The molecule has 0 radical (unpaired) electrons. The molecule has 90 valence electrons. The van der Waals surface area contributed by atoms with Gasteiger partial charge in [0.1, 0.15) is 0 Å². The molecule has 2 unspecified atom stereocenters. The van der Waals surface area contributed by atoms with E-state index in [0.29, 0.717) is 32.7 Å². The van der Waals surface area contributed by atoms with Gasteiger partial charge in [0, 0.05) is 19.1 Å². The van der Waals surface area contributed by atoms with E-state index >= 15 is 0 Å². The Bertz CT molecular complexity index is 300. The molecule has 1 saturated heterocycles. The lowest BCUT2D eigenvalue weighted by atomic mass is 9.84. The van der Waals surface area contributed by atoms with Crippen LogP contribution in [-0.4, -0.2) is 43.2 Å². The molecule has 0 aromatic carbocycles. The molecular formula is C11H19N3O2. The molecule has 0 aromatic rings. The van der Waals surface area contributed by atoms with Gasteiger partial charge >= 0.3 is 0 Å². The minimum absolute atomic E-state index is 0.00440. The molecule has 0 spiro atoms. The number of carbonyl (C=O) groups is 1. The first kappa shape index (κ1) is 12.9. The zero-order valence-corrected chi connectivity index (χ0v) is 9.90. The first-order valence-electron chi connectivity index (χ1n) is 5.56. The number of nitrogens with zero attached hydrogens (tertiary/aromatic N) is 2. The van der Waals surface area contributed by atoms with Crippen LogP contribution in [0, 0.1) is 16.7 Å². The molecule has 1 aliphatic rings. The second kappa shape index (κ2) is 5.28. The fourth-order valence-corrected chi connectivity index (χ4v) is 1.86. The Labute approximate surface area is 96.2 Å². The lowest BCUT2D eigenvalue weighted by Crippen LogP contribution is -2.51. The van der Waals surface area contributed by atoms with Crippen molar-refractivity contribution in [1.82, 2.24) is 4.90 Å². The molecule has 5 heteroatoms. The first-order valence-corrected chi connectivity index (χ1v) is 5.56. The summed E-state index contributed by atoms with van der Waals surface area (Å²) in [5, 5.41) is 8.54. The third-order valence-corrected chi connectivity index (χ3v) is 3.17. The smallest absolute Gasteiger partial charge is 0.232 e. The van der Waals surface area contributed by atoms with Gasteiger partial charge in [0.25, 0.3) is 0 Å². The van der Waals surface area contributed by atoms with Gasteiger partial charge in [0.05, 0.1) is 31.1 Å². The van der Waals surface area contributed by atoms with Crippen LogP contribution >= 0.6 is 0 Å². The highest BCUT2D eigenvalue weighted by Crippen LogP contribution is 2.29. The summed E-state index contributed by atoms with van der Waals surface area (Å²) in [6.45, 7) is 5.60. The van der Waals surface area contributed by atoms with E-state index in [2.05, 4.69) is 0 Å². The number of hydrogen-bond donors (Lipinski definition) is 1. The van der Waals surface area contributed by atoms with Crippen LogP contribution < -0.4 is 5.73 Å². The number of nitrogens with two attached hydrogens (primary N) is 1. The van der Waals surface area contributed by atoms with E-state index < -0.39 is 5.41 Å². The lowest BCUT2D eigenvalue weighted by Gasteiger charge is -2.32. The van der Waals surface area contributed by atoms with Crippen LogP contribution in [0.25, 0.3) is 0 Å². The van der Waals surface area contributed by atoms with E-state index in [1.807, 2.05) is 19.9 Å². The van der Waals surface area contributed by atoms with Crippen molar-refractivity contribution in [2.45, 2.75) is 26.3 Å². The van der Waals surface area contributed by atoms with Gasteiger partial charge in [-0.25, -0.2) is 0 Å². The van der Waals surface area contributed by atoms with E-state index in [0.717, 1.165) is 0 Å². The predicted octanol–water partition coefficient (Wildman–Crippen LogP) is 0.112. The summed E-state index contributed by atoms with van der Waals surface area (Å²) in [5.74, 6) is -0.00440. The van der Waals surface area contributed by atoms with Gasteiger partial charge < -0.3 is 15.4 Å². The maximum Gasteiger partial charge on any atom is 0.232 e. The zero-order valence-electron chi connectivity index (χ0n) is 9.90. The largest absolute Gasteiger partial charge is 0.379 e. The zero-order chi connectivity index (χ0) is 12.2. The van der Waals surface area contributed by atoms with Gasteiger partial charge in [-0.3, -0.25) is 4.79 Å². The van der Waals surface area contributed by atoms with E-state index in [1.165, 1.54) is 0 Å². The van der Waals surface area contributed by atoms with Crippen molar-refractivity contribution >= 4 is 5.91 Å². The molecule has 1 amide bonds. The molecule has 5 nitrogen and oxygen atoms in total. The van der Waals surface area contributed by atoms with Gasteiger partial charge in [-0.2, -0.15) is 5.26 Å². The molecule has 2 N–H and O–H groups in total. The summed E-state index contributed by atoms with van der Waals surface area (Å²) in [4.78, 5) is 13.9. The maximum atomic E-state index is 12.3. The second-order valence-electron chi connectivity index (χ2n) is 4.33. The Kier molecular flexibility index (Phi) is 4.27. The Morgan fingerprint density at radius 1 is 1.75 bits per heavy atom. The second-order valence-corrected chi connectivity index (χ2v) is 4.33. The third kappa shape index (κ3) is 2.34. The highest BCUT2D eigenvalue weighted by atomic mass is 16.5. The van der Waals surface area contributed by atoms with Crippen molar-refractivity contribution in [2.75, 3.05) is 26.3 Å². The van der Waals surface area contributed by atoms with E-state index in [-0.39, 0.29) is 11.9 Å². The fraction of sp³-hybridized carbons (Fsp3) is 0.818. The monoisotopic (exact) mass is 225 g/mol. The number of carbonyl (C=O) groups excluding carboxylic acids is 1. The molecule has 1 heterocycles. The molecule has 1 aliphatic heterocycles. The number of rotatable bonds is 4. The van der Waals surface area contributed by atoms with E-state index in [9.17, 15) is 4.79 Å². The number of hydrogen-bond acceptors (Lipinski definition) is 4. The van der Waals surface area contributed by atoms with Gasteiger partial charge in [-0.15, -0.1) is 0 Å². The Morgan fingerprint density at radius 3 is 2.88 bits per heavy atom. The molecule has 0 bridgehead atoms. The summed E-state index contributed by atoms with van der Waals surface area (Å²) in [7, 11) is 0. The fourth-order valence-electron chi connectivity index (χ4n) is 1.86. The SMILES string of the molecule is CCN(CCC#N)C(=O)C1(C)COCC1N. The summed E-state index contributed by atoms with van der Waals surface area (Å²) in [6, 6.07) is 1.79. The van der Waals surface area contributed by atoms with Gasteiger partial charge in [-0.1, -0.05) is 0 Å². The molecule has 0 aliphatic carbocycles. The lowest BCUT2D eigenvalue weighted by molar-refractivity contribution is -0.141. The summed E-state index contributed by atoms with van der Waals surface area (Å²) < 4.78 is 5.26. The summed E-state index contributed by atoms with van der Waals surface area (Å²) in [5.41, 5.74) is 5.26. The Hall–Kier alpha value is -1.12. The van der Waals surface area contributed by atoms with Gasteiger partial charge in [0.15, 0.2) is 0 Å². The topological polar surface area (TPSA) is 79.3 Å². The molecule has 0 aromatic heterocycles. The van der Waals surface area contributed by atoms with Crippen molar-refractivity contribution in [3.63, 3.8) is 0 Å². The molecule has 0 saturated carbocycles. The van der Waals surface area contributed by atoms with Crippen LogP contribution in [0.15, 0.2) is 0 Å². The predicted molar refractivity (Wildman–Crippen MR) is 59.4 cm³/mol. The van der Waals surface area contributed by atoms with E-state index in [1.54, 1.807) is 4.90 Å². The van der Waals surface area contributed by atoms with Crippen LogP contribution in [0.1, 0.15) is 20.3 Å². The van der Waals surface area contributed by atoms with Crippen molar-refractivity contribution in [1.29, 1.82) is 5.26 Å². The number of nitriles is 1. The van der Waals surface area contributed by atoms with Crippen LogP contribution in [-0.2, 0) is 9.53 Å². The number of amides is 1. The normalized spacial score (nSPS) is 28.8. The number of ether oxygens (including phenoxy) is 1. The van der Waals surface area contributed by atoms with Crippen LogP contribution in [0.4, 0.5) is 0 Å². The van der Waals surface area contributed by atoms with Crippen molar-refractivity contribution in [3.05, 3.63) is 0 Å². The first-order chi connectivity index (χ1) is 7.56. The third-order valence-electron chi connectivity index (χ3n) is 3.17. The molecule has 1 fully saturated rings. The summed E-state index contributed by atoms with van der Waals surface area (Å²) in [6.07, 6.45) is 0.353. The van der Waals surface area contributed by atoms with Crippen molar-refractivity contribution in [2.24, 2.45) is 11.1 Å².